The van der Waals surface area contributed by atoms with Crippen molar-refractivity contribution in [3.8, 4) is 11.5 Å². The summed E-state index contributed by atoms with van der Waals surface area (Å²) in [6.07, 6.45) is 4.01. The summed E-state index contributed by atoms with van der Waals surface area (Å²) < 4.78 is 17.4. The minimum Gasteiger partial charge on any atom is -0.493 e. The molecule has 1 aliphatic carbocycles. The smallest absolute Gasteiger partial charge is 0.336 e. The Hall–Kier alpha value is -2.28. The number of allylic oxidation sites excluding steroid dienone is 3. The van der Waals surface area contributed by atoms with E-state index in [1.54, 1.807) is 14.2 Å². The van der Waals surface area contributed by atoms with Crippen LogP contribution in [0.3, 0.4) is 0 Å². The van der Waals surface area contributed by atoms with Gasteiger partial charge < -0.3 is 19.5 Å². The lowest BCUT2D eigenvalue weighted by atomic mass is 9.68. The number of dihydropyridines is 1. The largest absolute Gasteiger partial charge is 0.493 e. The minimum absolute atomic E-state index is 0.0456. The molecule has 1 N–H and O–H groups in total. The van der Waals surface area contributed by atoms with Crippen LogP contribution in [0.1, 0.15) is 71.3 Å². The standard InChI is InChI=1S/C26H34BrNO5/c1-7-8-9-10-33-25(30)22-15(2)28-18-13-26(3,4)14-19(29)24(18)23(22)16-11-20(31-5)21(32-6)12-17(16)27/h11-12,23,28H,7-10,13-14H2,1-6H3/t23-/m0/s1. The van der Waals surface area contributed by atoms with Gasteiger partial charge in [0.2, 0.25) is 0 Å². The molecule has 3 rings (SSSR count). The number of esters is 1. The van der Waals surface area contributed by atoms with Gasteiger partial charge in [-0.1, -0.05) is 49.5 Å². The first-order valence-corrected chi connectivity index (χ1v) is 12.2. The van der Waals surface area contributed by atoms with Crippen molar-refractivity contribution in [1.82, 2.24) is 5.32 Å². The summed E-state index contributed by atoms with van der Waals surface area (Å²) in [7, 11) is 3.14. The molecule has 6 nitrogen and oxygen atoms in total. The second-order valence-electron chi connectivity index (χ2n) is 9.50. The highest BCUT2D eigenvalue weighted by Crippen LogP contribution is 2.49. The highest BCUT2D eigenvalue weighted by molar-refractivity contribution is 9.10. The molecule has 2 aliphatic rings. The van der Waals surface area contributed by atoms with Gasteiger partial charge in [-0.25, -0.2) is 4.79 Å². The van der Waals surface area contributed by atoms with Gasteiger partial charge in [-0.15, -0.1) is 0 Å². The Kier molecular flexibility index (Phi) is 7.93. The molecule has 0 fully saturated rings. The van der Waals surface area contributed by atoms with Crippen molar-refractivity contribution in [2.24, 2.45) is 5.41 Å². The van der Waals surface area contributed by atoms with Crippen molar-refractivity contribution in [3.05, 3.63) is 44.7 Å². The molecular formula is C26H34BrNO5. The average molecular weight is 520 g/mol. The minimum atomic E-state index is -0.558. The summed E-state index contributed by atoms with van der Waals surface area (Å²) in [5.74, 6) is 0.193. The molecule has 1 aliphatic heterocycles. The molecule has 0 spiro atoms. The summed E-state index contributed by atoms with van der Waals surface area (Å²) in [6.45, 7) is 8.52. The second kappa shape index (κ2) is 10.3. The molecule has 0 saturated carbocycles. The third-order valence-corrected chi connectivity index (χ3v) is 6.94. The number of rotatable bonds is 8. The molecule has 0 radical (unpaired) electrons. The Bertz CT molecular complexity index is 1010. The lowest BCUT2D eigenvalue weighted by Crippen LogP contribution is -2.38. The number of ether oxygens (including phenoxy) is 3. The maximum absolute atomic E-state index is 13.4. The van der Waals surface area contributed by atoms with Crippen LogP contribution in [0.15, 0.2) is 39.1 Å². The number of benzene rings is 1. The summed E-state index contributed by atoms with van der Waals surface area (Å²) in [4.78, 5) is 26.8. The molecule has 0 unspecified atom stereocenters. The van der Waals surface area contributed by atoms with Crippen molar-refractivity contribution in [2.45, 2.75) is 65.7 Å². The Labute approximate surface area is 204 Å². The lowest BCUT2D eigenvalue weighted by Gasteiger charge is -2.39. The number of nitrogens with one attached hydrogen (secondary N) is 1. The predicted molar refractivity (Wildman–Crippen MR) is 131 cm³/mol. The number of halogens is 1. The quantitative estimate of drug-likeness (QED) is 0.345. The van der Waals surface area contributed by atoms with Gasteiger partial charge in [0.25, 0.3) is 0 Å². The highest BCUT2D eigenvalue weighted by atomic mass is 79.9. The van der Waals surface area contributed by atoms with Gasteiger partial charge in [-0.05, 0) is 42.9 Å². The molecular weight excluding hydrogens is 486 g/mol. The Morgan fingerprint density at radius 1 is 1.15 bits per heavy atom. The van der Waals surface area contributed by atoms with Gasteiger partial charge >= 0.3 is 5.97 Å². The zero-order valence-electron chi connectivity index (χ0n) is 20.4. The van der Waals surface area contributed by atoms with Crippen LogP contribution in [-0.2, 0) is 14.3 Å². The van der Waals surface area contributed by atoms with Crippen molar-refractivity contribution < 1.29 is 23.8 Å². The first kappa shape index (κ1) is 25.3. The third kappa shape index (κ3) is 5.29. The van der Waals surface area contributed by atoms with E-state index in [0.29, 0.717) is 41.4 Å². The van der Waals surface area contributed by atoms with Crippen LogP contribution in [0.5, 0.6) is 11.5 Å². The topological polar surface area (TPSA) is 73.9 Å². The molecule has 1 aromatic rings. The van der Waals surface area contributed by atoms with Gasteiger partial charge in [0.1, 0.15) is 0 Å². The molecule has 7 heteroatoms. The summed E-state index contributed by atoms with van der Waals surface area (Å²) >= 11 is 3.65. The summed E-state index contributed by atoms with van der Waals surface area (Å²) in [5, 5.41) is 3.37. The third-order valence-electron chi connectivity index (χ3n) is 6.25. The number of ketones is 1. The fourth-order valence-corrected chi connectivity index (χ4v) is 5.25. The molecule has 180 valence electrons. The van der Waals surface area contributed by atoms with Gasteiger partial charge in [0, 0.05) is 33.8 Å². The summed E-state index contributed by atoms with van der Waals surface area (Å²) in [6, 6.07) is 3.65. The molecule has 0 aromatic heterocycles. The van der Waals surface area contributed by atoms with E-state index in [1.165, 1.54) is 0 Å². The maximum Gasteiger partial charge on any atom is 0.336 e. The number of hydrogen-bond donors (Lipinski definition) is 1. The average Bonchev–Trinajstić information content (AvgIpc) is 2.74. The molecule has 0 saturated heterocycles. The summed E-state index contributed by atoms with van der Waals surface area (Å²) in [5.41, 5.74) is 3.31. The predicted octanol–water partition coefficient (Wildman–Crippen LogP) is 5.80. The molecule has 1 aromatic carbocycles. The number of Topliss-reactive ketones (excluding diaryl/α,β-unsaturated/α-hetero) is 1. The van der Waals surface area contributed by atoms with Crippen molar-refractivity contribution in [2.75, 3.05) is 20.8 Å². The Morgan fingerprint density at radius 2 is 1.82 bits per heavy atom. The highest BCUT2D eigenvalue weighted by Gasteiger charge is 2.44. The number of unbranched alkanes of at least 4 members (excludes halogenated alkanes) is 2. The fourth-order valence-electron chi connectivity index (χ4n) is 4.70. The van der Waals surface area contributed by atoms with Crippen molar-refractivity contribution in [1.29, 1.82) is 0 Å². The normalized spacial score (nSPS) is 19.7. The number of hydrogen-bond acceptors (Lipinski definition) is 6. The van der Waals surface area contributed by atoms with E-state index >= 15 is 0 Å². The van der Waals surface area contributed by atoms with Crippen LogP contribution in [0.25, 0.3) is 0 Å². The number of carbonyl (C=O) groups excluding carboxylic acids is 2. The van der Waals surface area contributed by atoms with Crippen molar-refractivity contribution in [3.63, 3.8) is 0 Å². The number of carbonyl (C=O) groups is 2. The molecule has 0 amide bonds. The first-order chi connectivity index (χ1) is 15.6. The SMILES string of the molecule is CCCCCOC(=O)C1=C(C)NC2=C(C(=O)CC(C)(C)C2)[C@H]1c1cc(OC)c(OC)cc1Br. The van der Waals surface area contributed by atoms with Crippen molar-refractivity contribution >= 4 is 27.7 Å². The van der Waals surface area contributed by atoms with Crippen LogP contribution in [0.2, 0.25) is 0 Å². The van der Waals surface area contributed by atoms with E-state index in [4.69, 9.17) is 14.2 Å². The van der Waals surface area contributed by atoms with Crippen LogP contribution >= 0.6 is 15.9 Å². The van der Waals surface area contributed by atoms with Crippen LogP contribution in [0.4, 0.5) is 0 Å². The maximum atomic E-state index is 13.4. The Morgan fingerprint density at radius 3 is 2.45 bits per heavy atom. The van der Waals surface area contributed by atoms with Crippen LogP contribution < -0.4 is 14.8 Å². The van der Waals surface area contributed by atoms with Gasteiger partial charge in [0.05, 0.1) is 26.4 Å². The first-order valence-electron chi connectivity index (χ1n) is 11.5. The molecule has 33 heavy (non-hydrogen) atoms. The molecule has 0 bridgehead atoms. The van der Waals surface area contributed by atoms with Gasteiger partial charge in [-0.3, -0.25) is 4.79 Å². The van der Waals surface area contributed by atoms with E-state index in [1.807, 2.05) is 19.1 Å². The zero-order valence-corrected chi connectivity index (χ0v) is 22.0. The van der Waals surface area contributed by atoms with E-state index in [2.05, 4.69) is 42.0 Å². The van der Waals surface area contributed by atoms with Crippen LogP contribution in [-0.4, -0.2) is 32.6 Å². The molecule has 1 atom stereocenters. The Balaban J connectivity index is 2.14. The van der Waals surface area contributed by atoms with E-state index in [9.17, 15) is 9.59 Å². The van der Waals surface area contributed by atoms with E-state index < -0.39 is 11.9 Å². The zero-order chi connectivity index (χ0) is 24.3. The van der Waals surface area contributed by atoms with Gasteiger partial charge in [0.15, 0.2) is 17.3 Å². The fraction of sp³-hybridized carbons (Fsp3) is 0.538. The number of methoxy groups -OCH3 is 2. The molecule has 1 heterocycles. The monoisotopic (exact) mass is 519 g/mol. The van der Waals surface area contributed by atoms with E-state index in [-0.39, 0.29) is 11.2 Å². The second-order valence-corrected chi connectivity index (χ2v) is 10.4. The lowest BCUT2D eigenvalue weighted by molar-refractivity contribution is -0.139. The van der Waals surface area contributed by atoms with Crippen LogP contribution in [0, 0.1) is 5.41 Å². The van der Waals surface area contributed by atoms with Gasteiger partial charge in [-0.2, -0.15) is 0 Å². The van der Waals surface area contributed by atoms with E-state index in [0.717, 1.165) is 41.4 Å².